The first kappa shape index (κ1) is 18.8. The maximum atomic E-state index is 12.2. The molecule has 1 aromatic heterocycles. The van der Waals surface area contributed by atoms with Crippen LogP contribution < -0.4 is 25.0 Å². The van der Waals surface area contributed by atoms with Crippen LogP contribution in [-0.2, 0) is 0 Å². The summed E-state index contributed by atoms with van der Waals surface area (Å²) < 4.78 is 10.5. The highest BCUT2D eigenvalue weighted by atomic mass is 16.5. The molecular formula is C20H26N4O3. The number of nitrogens with one attached hydrogen (secondary N) is 2. The third-order valence-electron chi connectivity index (χ3n) is 4.83. The first-order valence-corrected chi connectivity index (χ1v) is 9.11. The molecule has 0 atom stereocenters. The van der Waals surface area contributed by atoms with Crippen LogP contribution in [-0.4, -0.2) is 44.9 Å². The fourth-order valence-corrected chi connectivity index (χ4v) is 3.24. The van der Waals surface area contributed by atoms with Gasteiger partial charge in [0.2, 0.25) is 0 Å². The Labute approximate surface area is 159 Å². The molecule has 2 amide bonds. The fraction of sp³-hybridized carbons (Fsp3) is 0.400. The lowest BCUT2D eigenvalue weighted by Crippen LogP contribution is -2.39. The topological polar surface area (TPSA) is 75.7 Å². The fourth-order valence-electron chi connectivity index (χ4n) is 3.24. The minimum absolute atomic E-state index is 0.229. The molecule has 2 heterocycles. The standard InChI is InChI=1S/C20H26N4O3/c1-26-17-5-6-18(19(12-17)27-2)23-20(25)22-13-15-7-10-24(11-8-15)16-4-3-9-21-14-16/h3-6,9,12,14-15H,7-8,10-11,13H2,1-2H3,(H2,22,23,25). The second-order valence-electron chi connectivity index (χ2n) is 6.54. The summed E-state index contributed by atoms with van der Waals surface area (Å²) in [6.45, 7) is 2.61. The Morgan fingerprint density at radius 1 is 1.22 bits per heavy atom. The number of aromatic nitrogens is 1. The van der Waals surface area contributed by atoms with Gasteiger partial charge in [-0.25, -0.2) is 4.79 Å². The summed E-state index contributed by atoms with van der Waals surface area (Å²) in [5.74, 6) is 1.72. The molecule has 0 spiro atoms. The number of amides is 2. The minimum Gasteiger partial charge on any atom is -0.497 e. The molecule has 0 saturated carbocycles. The quantitative estimate of drug-likeness (QED) is 0.817. The molecule has 1 aliphatic rings. The Bertz CT molecular complexity index is 746. The van der Waals surface area contributed by atoms with Gasteiger partial charge in [0.05, 0.1) is 31.8 Å². The van der Waals surface area contributed by atoms with E-state index in [0.29, 0.717) is 29.6 Å². The van der Waals surface area contributed by atoms with Crippen molar-refractivity contribution >= 4 is 17.4 Å². The Kier molecular flexibility index (Phi) is 6.35. The molecule has 27 heavy (non-hydrogen) atoms. The van der Waals surface area contributed by atoms with E-state index in [1.807, 2.05) is 12.3 Å². The number of methoxy groups -OCH3 is 2. The van der Waals surface area contributed by atoms with Gasteiger partial charge in [0, 0.05) is 31.9 Å². The number of carbonyl (C=O) groups excluding carboxylic acids is 1. The van der Waals surface area contributed by atoms with Crippen LogP contribution in [0.1, 0.15) is 12.8 Å². The maximum Gasteiger partial charge on any atom is 0.319 e. The van der Waals surface area contributed by atoms with Gasteiger partial charge in [0.25, 0.3) is 0 Å². The molecule has 144 valence electrons. The van der Waals surface area contributed by atoms with Crippen molar-refractivity contribution in [2.24, 2.45) is 5.92 Å². The lowest BCUT2D eigenvalue weighted by molar-refractivity contribution is 0.248. The van der Waals surface area contributed by atoms with E-state index in [-0.39, 0.29) is 6.03 Å². The number of rotatable bonds is 6. The number of benzene rings is 1. The van der Waals surface area contributed by atoms with Crippen LogP contribution in [0.3, 0.4) is 0 Å². The van der Waals surface area contributed by atoms with Crippen LogP contribution in [0.2, 0.25) is 0 Å². The minimum atomic E-state index is -0.229. The summed E-state index contributed by atoms with van der Waals surface area (Å²) in [7, 11) is 3.15. The van der Waals surface area contributed by atoms with E-state index in [1.54, 1.807) is 38.6 Å². The number of hydrogen-bond acceptors (Lipinski definition) is 5. The number of urea groups is 1. The Balaban J connectivity index is 1.45. The van der Waals surface area contributed by atoms with Crippen LogP contribution in [0.25, 0.3) is 0 Å². The van der Waals surface area contributed by atoms with Crippen molar-refractivity contribution in [2.45, 2.75) is 12.8 Å². The van der Waals surface area contributed by atoms with Crippen molar-refractivity contribution in [1.82, 2.24) is 10.3 Å². The molecule has 7 nitrogen and oxygen atoms in total. The van der Waals surface area contributed by atoms with E-state index in [4.69, 9.17) is 9.47 Å². The highest BCUT2D eigenvalue weighted by Crippen LogP contribution is 2.29. The largest absolute Gasteiger partial charge is 0.497 e. The van der Waals surface area contributed by atoms with Gasteiger partial charge in [-0.15, -0.1) is 0 Å². The van der Waals surface area contributed by atoms with E-state index in [9.17, 15) is 4.79 Å². The van der Waals surface area contributed by atoms with Crippen molar-refractivity contribution in [3.05, 3.63) is 42.7 Å². The maximum absolute atomic E-state index is 12.2. The van der Waals surface area contributed by atoms with Gasteiger partial charge >= 0.3 is 6.03 Å². The summed E-state index contributed by atoms with van der Waals surface area (Å²) in [5.41, 5.74) is 1.77. The van der Waals surface area contributed by atoms with Crippen LogP contribution in [0.5, 0.6) is 11.5 Å². The lowest BCUT2D eigenvalue weighted by atomic mass is 9.96. The first-order valence-electron chi connectivity index (χ1n) is 9.11. The number of piperidine rings is 1. The predicted molar refractivity (Wildman–Crippen MR) is 106 cm³/mol. The third-order valence-corrected chi connectivity index (χ3v) is 4.83. The van der Waals surface area contributed by atoms with Crippen molar-refractivity contribution < 1.29 is 14.3 Å². The number of ether oxygens (including phenoxy) is 2. The summed E-state index contributed by atoms with van der Waals surface area (Å²) in [5, 5.41) is 5.81. The Morgan fingerprint density at radius 3 is 2.70 bits per heavy atom. The number of nitrogens with zero attached hydrogens (tertiary/aromatic N) is 2. The summed E-state index contributed by atoms with van der Waals surface area (Å²) in [6, 6.07) is 9.11. The van der Waals surface area contributed by atoms with Crippen LogP contribution >= 0.6 is 0 Å². The average molecular weight is 370 g/mol. The molecule has 2 N–H and O–H groups in total. The number of anilines is 2. The Morgan fingerprint density at radius 2 is 2.04 bits per heavy atom. The lowest BCUT2D eigenvalue weighted by Gasteiger charge is -2.33. The molecule has 1 aromatic carbocycles. The zero-order valence-electron chi connectivity index (χ0n) is 15.8. The second-order valence-corrected chi connectivity index (χ2v) is 6.54. The van der Waals surface area contributed by atoms with E-state index in [2.05, 4.69) is 26.6 Å². The summed E-state index contributed by atoms with van der Waals surface area (Å²) >= 11 is 0. The summed E-state index contributed by atoms with van der Waals surface area (Å²) in [4.78, 5) is 18.8. The van der Waals surface area contributed by atoms with Crippen molar-refractivity contribution in [3.8, 4) is 11.5 Å². The molecule has 7 heteroatoms. The van der Waals surface area contributed by atoms with Crippen LogP contribution in [0.15, 0.2) is 42.7 Å². The molecule has 1 aliphatic heterocycles. The second kappa shape index (κ2) is 9.12. The van der Waals surface area contributed by atoms with Crippen LogP contribution in [0.4, 0.5) is 16.2 Å². The van der Waals surface area contributed by atoms with E-state index < -0.39 is 0 Å². The zero-order valence-corrected chi connectivity index (χ0v) is 15.8. The first-order chi connectivity index (χ1) is 13.2. The average Bonchev–Trinajstić information content (AvgIpc) is 2.73. The molecule has 1 saturated heterocycles. The Hall–Kier alpha value is -2.96. The number of hydrogen-bond donors (Lipinski definition) is 2. The molecule has 0 bridgehead atoms. The van der Waals surface area contributed by atoms with Gasteiger partial charge in [0.15, 0.2) is 0 Å². The normalized spacial score (nSPS) is 14.5. The number of pyridine rings is 1. The van der Waals surface area contributed by atoms with Gasteiger partial charge in [-0.1, -0.05) is 0 Å². The smallest absolute Gasteiger partial charge is 0.319 e. The van der Waals surface area contributed by atoms with Crippen LogP contribution in [0, 0.1) is 5.92 Å². The summed E-state index contributed by atoms with van der Waals surface area (Å²) in [6.07, 6.45) is 5.77. The van der Waals surface area contributed by atoms with E-state index in [1.165, 1.54) is 0 Å². The monoisotopic (exact) mass is 370 g/mol. The van der Waals surface area contributed by atoms with Gasteiger partial charge in [-0.2, -0.15) is 0 Å². The number of carbonyl (C=O) groups is 1. The molecular weight excluding hydrogens is 344 g/mol. The van der Waals surface area contributed by atoms with Crippen molar-refractivity contribution in [1.29, 1.82) is 0 Å². The predicted octanol–water partition coefficient (Wildman–Crippen LogP) is 3.14. The highest BCUT2D eigenvalue weighted by molar-refractivity contribution is 5.91. The molecule has 2 aromatic rings. The SMILES string of the molecule is COc1ccc(NC(=O)NCC2CCN(c3cccnc3)CC2)c(OC)c1. The highest BCUT2D eigenvalue weighted by Gasteiger charge is 2.20. The van der Waals surface area contributed by atoms with Gasteiger partial charge < -0.3 is 25.0 Å². The van der Waals surface area contributed by atoms with Gasteiger partial charge in [-0.3, -0.25) is 4.98 Å². The van der Waals surface area contributed by atoms with Crippen molar-refractivity contribution in [3.63, 3.8) is 0 Å². The zero-order chi connectivity index (χ0) is 19.1. The van der Waals surface area contributed by atoms with Gasteiger partial charge in [0.1, 0.15) is 11.5 Å². The molecule has 0 unspecified atom stereocenters. The van der Waals surface area contributed by atoms with Crippen molar-refractivity contribution in [2.75, 3.05) is 44.1 Å². The molecule has 0 aliphatic carbocycles. The van der Waals surface area contributed by atoms with E-state index in [0.717, 1.165) is 31.6 Å². The molecule has 1 fully saturated rings. The third kappa shape index (κ3) is 5.03. The van der Waals surface area contributed by atoms with Gasteiger partial charge in [-0.05, 0) is 43.0 Å². The molecule has 3 rings (SSSR count). The molecule has 0 radical (unpaired) electrons. The van der Waals surface area contributed by atoms with E-state index >= 15 is 0 Å².